The number of hydrogen-bond donors (Lipinski definition) is 3. The zero-order valence-corrected chi connectivity index (χ0v) is 18.9. The molecule has 1 aliphatic heterocycles. The maximum absolute atomic E-state index is 13.0. The second kappa shape index (κ2) is 8.99. The molecule has 4 rings (SSSR count). The van der Waals surface area contributed by atoms with Crippen molar-refractivity contribution in [3.05, 3.63) is 99.5 Å². The number of carbonyl (C=O) groups is 1. The Kier molecular flexibility index (Phi) is 6.36. The predicted molar refractivity (Wildman–Crippen MR) is 125 cm³/mol. The van der Waals surface area contributed by atoms with Crippen molar-refractivity contribution in [2.75, 3.05) is 11.1 Å². The first kappa shape index (κ1) is 21.2. The molecule has 0 aliphatic carbocycles. The maximum Gasteiger partial charge on any atom is 0.265 e. The van der Waals surface area contributed by atoms with Crippen LogP contribution in [0.15, 0.2) is 83.3 Å². The average molecular weight is 505 g/mol. The molecule has 1 aliphatic rings. The molecule has 0 bridgehead atoms. The van der Waals surface area contributed by atoms with Gasteiger partial charge in [0, 0.05) is 32.1 Å². The average Bonchev–Trinajstić information content (AvgIpc) is 3.06. The molecule has 3 aromatic rings. The van der Waals surface area contributed by atoms with Gasteiger partial charge in [0.25, 0.3) is 5.91 Å². The summed E-state index contributed by atoms with van der Waals surface area (Å²) in [6.45, 7) is 0. The number of nitrogens with zero attached hydrogens (tertiary/aromatic N) is 1. The molecule has 3 aromatic carbocycles. The third kappa shape index (κ3) is 4.50. The molecular formula is C22H19BrClN3O2S. The first-order valence-electron chi connectivity index (χ1n) is 9.23. The molecule has 3 N–H and O–H groups in total. The molecule has 0 aromatic heterocycles. The molecule has 8 heteroatoms. The predicted octanol–water partition coefficient (Wildman–Crippen LogP) is 5.04. The number of aliphatic hydroxyl groups is 1. The van der Waals surface area contributed by atoms with E-state index in [1.165, 1.54) is 11.8 Å². The van der Waals surface area contributed by atoms with Crippen molar-refractivity contribution in [3.8, 4) is 0 Å². The van der Waals surface area contributed by atoms with Crippen LogP contribution in [0.5, 0.6) is 0 Å². The largest absolute Gasteiger partial charge is 0.369 e. The van der Waals surface area contributed by atoms with E-state index in [4.69, 9.17) is 11.6 Å². The summed E-state index contributed by atoms with van der Waals surface area (Å²) in [5.41, 5.74) is 3.12. The lowest BCUT2D eigenvalue weighted by atomic mass is 10.0. The summed E-state index contributed by atoms with van der Waals surface area (Å²) >= 11 is 10.9. The topological polar surface area (TPSA) is 64.6 Å². The highest BCUT2D eigenvalue weighted by molar-refractivity contribution is 9.10. The molecule has 2 atom stereocenters. The fraction of sp³-hybridized carbons (Fsp3) is 0.136. The van der Waals surface area contributed by atoms with Gasteiger partial charge in [-0.15, -0.1) is 11.8 Å². The first-order valence-corrected chi connectivity index (χ1v) is 11.5. The van der Waals surface area contributed by atoms with Gasteiger partial charge in [-0.05, 0) is 42.5 Å². The van der Waals surface area contributed by atoms with Crippen molar-refractivity contribution in [1.82, 2.24) is 10.4 Å². The zero-order chi connectivity index (χ0) is 21.1. The van der Waals surface area contributed by atoms with E-state index in [1.807, 2.05) is 36.4 Å². The molecule has 30 heavy (non-hydrogen) atoms. The fourth-order valence-corrected chi connectivity index (χ4v) is 5.03. The van der Waals surface area contributed by atoms with Gasteiger partial charge < -0.3 is 10.4 Å². The Labute approximate surface area is 192 Å². The number of hydrazine groups is 1. The number of benzene rings is 3. The molecule has 1 fully saturated rings. The van der Waals surface area contributed by atoms with Crippen molar-refractivity contribution < 1.29 is 9.90 Å². The molecule has 5 nitrogen and oxygen atoms in total. The Bertz CT molecular complexity index is 1040. The van der Waals surface area contributed by atoms with Gasteiger partial charge in [-0.2, -0.15) is 5.01 Å². The molecule has 0 radical (unpaired) electrons. The third-order valence-corrected chi connectivity index (χ3v) is 6.71. The second-order valence-electron chi connectivity index (χ2n) is 6.82. The van der Waals surface area contributed by atoms with Crippen LogP contribution in [0.4, 0.5) is 5.69 Å². The SMILES string of the molecule is O=C(NN1C(Nc2ccccc2)SCC1(O)c1ccc(Cl)cc1)c1cccc(Br)c1. The Hall–Kier alpha value is -2.03. The minimum atomic E-state index is -1.41. The number of nitrogens with one attached hydrogen (secondary N) is 2. The van der Waals surface area contributed by atoms with Crippen LogP contribution in [-0.4, -0.2) is 27.3 Å². The van der Waals surface area contributed by atoms with Crippen LogP contribution in [0.3, 0.4) is 0 Å². The maximum atomic E-state index is 13.0. The van der Waals surface area contributed by atoms with E-state index in [0.717, 1.165) is 10.2 Å². The summed E-state index contributed by atoms with van der Waals surface area (Å²) in [6.07, 6.45) is 0. The summed E-state index contributed by atoms with van der Waals surface area (Å²) in [5.74, 6) is 0.0452. The number of carbonyl (C=O) groups excluding carboxylic acids is 1. The van der Waals surface area contributed by atoms with Gasteiger partial charge in [-0.25, -0.2) is 0 Å². The van der Waals surface area contributed by atoms with Gasteiger partial charge in [-0.3, -0.25) is 10.2 Å². The lowest BCUT2D eigenvalue weighted by molar-refractivity contribution is -0.110. The lowest BCUT2D eigenvalue weighted by Gasteiger charge is -2.36. The molecule has 0 spiro atoms. The Morgan fingerprint density at radius 1 is 1.10 bits per heavy atom. The number of thioether (sulfide) groups is 1. The minimum Gasteiger partial charge on any atom is -0.369 e. The third-order valence-electron chi connectivity index (χ3n) is 4.75. The number of amides is 1. The summed E-state index contributed by atoms with van der Waals surface area (Å²) in [7, 11) is 0. The van der Waals surface area contributed by atoms with Gasteiger partial charge in [0.15, 0.2) is 5.72 Å². The highest BCUT2D eigenvalue weighted by Gasteiger charge is 2.48. The Morgan fingerprint density at radius 3 is 2.53 bits per heavy atom. The smallest absolute Gasteiger partial charge is 0.265 e. The number of halogens is 2. The molecule has 1 heterocycles. The van der Waals surface area contributed by atoms with Crippen LogP contribution in [0.2, 0.25) is 5.02 Å². The Balaban J connectivity index is 1.65. The standard InChI is InChI=1S/C22H19BrClN3O2S/c23-17-6-4-5-15(13-17)20(28)26-27-21(25-19-7-2-1-3-8-19)30-14-22(27,29)16-9-11-18(24)12-10-16/h1-13,21,25,29H,14H2,(H,26,28). The lowest BCUT2D eigenvalue weighted by Crippen LogP contribution is -2.57. The highest BCUT2D eigenvalue weighted by atomic mass is 79.9. The molecular weight excluding hydrogens is 486 g/mol. The van der Waals surface area contributed by atoms with Gasteiger partial charge >= 0.3 is 0 Å². The molecule has 2 unspecified atom stereocenters. The van der Waals surface area contributed by atoms with Crippen LogP contribution in [0.1, 0.15) is 15.9 Å². The summed E-state index contributed by atoms with van der Waals surface area (Å²) in [5, 5.41) is 17.1. The van der Waals surface area contributed by atoms with Crippen molar-refractivity contribution in [1.29, 1.82) is 0 Å². The quantitative estimate of drug-likeness (QED) is 0.454. The summed E-state index contributed by atoms with van der Waals surface area (Å²) in [6, 6.07) is 23.8. The number of anilines is 1. The van der Waals surface area contributed by atoms with E-state index in [1.54, 1.807) is 47.5 Å². The van der Waals surface area contributed by atoms with E-state index < -0.39 is 5.72 Å². The Morgan fingerprint density at radius 2 is 1.83 bits per heavy atom. The van der Waals surface area contributed by atoms with E-state index in [0.29, 0.717) is 21.9 Å². The number of rotatable bonds is 5. The van der Waals surface area contributed by atoms with E-state index in [2.05, 4.69) is 26.7 Å². The van der Waals surface area contributed by atoms with E-state index >= 15 is 0 Å². The van der Waals surface area contributed by atoms with Crippen LogP contribution in [0.25, 0.3) is 0 Å². The molecule has 1 amide bonds. The highest BCUT2D eigenvalue weighted by Crippen LogP contribution is 2.41. The van der Waals surface area contributed by atoms with Gasteiger partial charge in [-0.1, -0.05) is 63.9 Å². The van der Waals surface area contributed by atoms with Crippen molar-refractivity contribution in [3.63, 3.8) is 0 Å². The second-order valence-corrected chi connectivity index (χ2v) is 9.24. The van der Waals surface area contributed by atoms with E-state index in [9.17, 15) is 9.90 Å². The van der Waals surface area contributed by atoms with Gasteiger partial charge in [0.05, 0.1) is 0 Å². The summed E-state index contributed by atoms with van der Waals surface area (Å²) in [4.78, 5) is 13.0. The van der Waals surface area contributed by atoms with Crippen molar-refractivity contribution in [2.45, 2.75) is 11.2 Å². The molecule has 0 saturated carbocycles. The van der Waals surface area contributed by atoms with Crippen LogP contribution >= 0.6 is 39.3 Å². The van der Waals surface area contributed by atoms with Gasteiger partial charge in [0.1, 0.15) is 5.50 Å². The van der Waals surface area contributed by atoms with Crippen LogP contribution in [0, 0.1) is 0 Å². The minimum absolute atomic E-state index is 0.314. The zero-order valence-electron chi connectivity index (χ0n) is 15.8. The summed E-state index contributed by atoms with van der Waals surface area (Å²) < 4.78 is 0.804. The van der Waals surface area contributed by atoms with Gasteiger partial charge in [0.2, 0.25) is 0 Å². The number of para-hydroxylation sites is 1. The monoisotopic (exact) mass is 503 g/mol. The van der Waals surface area contributed by atoms with Crippen molar-refractivity contribution in [2.24, 2.45) is 0 Å². The van der Waals surface area contributed by atoms with Crippen molar-refractivity contribution >= 4 is 50.9 Å². The van der Waals surface area contributed by atoms with Crippen LogP contribution < -0.4 is 10.7 Å². The molecule has 154 valence electrons. The number of hydrogen-bond acceptors (Lipinski definition) is 5. The van der Waals surface area contributed by atoms with E-state index in [-0.39, 0.29) is 11.4 Å². The van der Waals surface area contributed by atoms with Crippen LogP contribution in [-0.2, 0) is 5.72 Å². The fourth-order valence-electron chi connectivity index (χ4n) is 3.21. The molecule has 1 saturated heterocycles. The first-order chi connectivity index (χ1) is 14.5. The normalized spacial score (nSPS) is 21.4.